The second kappa shape index (κ2) is 13.9. The van der Waals surface area contributed by atoms with Crippen LogP contribution in [0.3, 0.4) is 0 Å². The molecule has 0 spiro atoms. The van der Waals surface area contributed by atoms with Crippen LogP contribution in [0.4, 0.5) is 0 Å². The van der Waals surface area contributed by atoms with Crippen molar-refractivity contribution in [1.29, 1.82) is 0 Å². The summed E-state index contributed by atoms with van der Waals surface area (Å²) in [6.45, 7) is 28.4. The van der Waals surface area contributed by atoms with Gasteiger partial charge in [0.05, 0.1) is 32.5 Å². The number of ether oxygens (including phenoxy) is 2. The van der Waals surface area contributed by atoms with Crippen molar-refractivity contribution in [2.45, 2.75) is 117 Å². The van der Waals surface area contributed by atoms with Crippen LogP contribution < -0.4 is 4.74 Å². The maximum atomic E-state index is 11.3. The fourth-order valence-electron chi connectivity index (χ4n) is 3.46. The lowest BCUT2D eigenvalue weighted by molar-refractivity contribution is 0.0327. The molecule has 1 rings (SSSR count). The zero-order valence-electron chi connectivity index (χ0n) is 26.0. The van der Waals surface area contributed by atoms with Gasteiger partial charge in [-0.15, -0.1) is 0 Å². The first kappa shape index (κ1) is 34.1. The second-order valence-corrected chi connectivity index (χ2v) is 23.0. The van der Waals surface area contributed by atoms with Crippen molar-refractivity contribution in [1.82, 2.24) is 0 Å². The largest absolute Gasteiger partial charge is 0.497 e. The van der Waals surface area contributed by atoms with Gasteiger partial charge >= 0.3 is 0 Å². The lowest BCUT2D eigenvalue weighted by Gasteiger charge is -2.42. The Hall–Kier alpha value is -0.966. The van der Waals surface area contributed by atoms with Crippen LogP contribution in [0, 0.1) is 5.92 Å². The van der Waals surface area contributed by atoms with Gasteiger partial charge in [0.25, 0.3) is 0 Å². The molecule has 0 heterocycles. The van der Waals surface area contributed by atoms with Crippen LogP contribution in [0.15, 0.2) is 35.9 Å². The van der Waals surface area contributed by atoms with Gasteiger partial charge in [-0.3, -0.25) is 0 Å². The summed E-state index contributed by atoms with van der Waals surface area (Å²) in [5.41, 5.74) is 2.00. The Balaban J connectivity index is 2.87. The quantitative estimate of drug-likeness (QED) is 0.144. The Morgan fingerprint density at radius 2 is 1.49 bits per heavy atom. The summed E-state index contributed by atoms with van der Waals surface area (Å²) < 4.78 is 24.4. The van der Waals surface area contributed by atoms with Gasteiger partial charge in [-0.1, -0.05) is 66.7 Å². The summed E-state index contributed by atoms with van der Waals surface area (Å²) in [5.74, 6) is 0.774. The van der Waals surface area contributed by atoms with Crippen LogP contribution in [0.25, 0.3) is 0 Å². The molecule has 0 saturated carbocycles. The maximum Gasteiger partial charge on any atom is 0.192 e. The molecule has 3 atom stereocenters. The average Bonchev–Trinajstić information content (AvgIpc) is 2.78. The molecule has 214 valence electrons. The predicted molar refractivity (Wildman–Crippen MR) is 161 cm³/mol. The lowest BCUT2D eigenvalue weighted by Crippen LogP contribution is -2.48. The number of aliphatic hydroxyl groups excluding tert-OH is 1. The van der Waals surface area contributed by atoms with Crippen molar-refractivity contribution in [3.8, 4) is 5.75 Å². The zero-order chi connectivity index (χ0) is 28.7. The van der Waals surface area contributed by atoms with E-state index in [0.29, 0.717) is 19.8 Å². The van der Waals surface area contributed by atoms with E-state index in [2.05, 4.69) is 74.7 Å². The number of benzene rings is 1. The molecule has 0 aliphatic carbocycles. The Labute approximate surface area is 230 Å². The second-order valence-electron chi connectivity index (χ2n) is 13.4. The molecular weight excluding hydrogens is 496 g/mol. The fraction of sp³-hybridized carbons (Fsp3) is 0.733. The molecule has 5 nitrogen and oxygen atoms in total. The SMILES string of the molecule is COc1ccc(COC/C=C(/C)[C@H](O)[C@@H](C)[C@H](CCO[Si](C)(C)C(C)(C)C)O[Si](C)(C)C(C)(C)C)cc1. The summed E-state index contributed by atoms with van der Waals surface area (Å²) in [6.07, 6.45) is 2.08. The van der Waals surface area contributed by atoms with Gasteiger partial charge in [-0.05, 0) is 72.9 Å². The smallest absolute Gasteiger partial charge is 0.192 e. The standard InChI is InChI=1S/C30H56O5Si2/c1-23(18-20-33-22-25-14-16-26(32-9)17-15-25)28(31)24(2)27(35-37(12,13)30(6,7)8)19-21-34-36(10,11)29(3,4)5/h14-18,24,27-28,31H,19-22H2,1-13H3/b23-18-/t24-,27-,28-/m0/s1. The first-order valence-corrected chi connectivity index (χ1v) is 19.5. The highest BCUT2D eigenvalue weighted by molar-refractivity contribution is 6.74. The minimum Gasteiger partial charge on any atom is -0.497 e. The number of hydrogen-bond donors (Lipinski definition) is 1. The highest BCUT2D eigenvalue weighted by atomic mass is 28.4. The van der Waals surface area contributed by atoms with Crippen molar-refractivity contribution in [3.63, 3.8) is 0 Å². The molecular formula is C30H56O5Si2. The number of methoxy groups -OCH3 is 1. The molecule has 0 aliphatic rings. The Morgan fingerprint density at radius 3 is 1.97 bits per heavy atom. The highest BCUT2D eigenvalue weighted by Crippen LogP contribution is 2.40. The van der Waals surface area contributed by atoms with E-state index in [1.165, 1.54) is 0 Å². The van der Waals surface area contributed by atoms with E-state index in [-0.39, 0.29) is 22.1 Å². The molecule has 1 aromatic carbocycles. The molecule has 7 heteroatoms. The van der Waals surface area contributed by atoms with E-state index < -0.39 is 22.7 Å². The molecule has 0 amide bonds. The summed E-state index contributed by atoms with van der Waals surface area (Å²) in [6, 6.07) is 7.87. The Morgan fingerprint density at radius 1 is 0.946 bits per heavy atom. The van der Waals surface area contributed by atoms with Crippen LogP contribution in [0.5, 0.6) is 5.75 Å². The first-order valence-electron chi connectivity index (χ1n) is 13.7. The summed E-state index contributed by atoms with van der Waals surface area (Å²) in [4.78, 5) is 0. The molecule has 0 bridgehead atoms. The van der Waals surface area contributed by atoms with Crippen molar-refractivity contribution >= 4 is 16.6 Å². The average molecular weight is 553 g/mol. The predicted octanol–water partition coefficient (Wildman–Crippen LogP) is 7.96. The van der Waals surface area contributed by atoms with Crippen LogP contribution in [0.1, 0.15) is 67.4 Å². The number of aliphatic hydroxyl groups is 1. The maximum absolute atomic E-state index is 11.3. The molecule has 1 aromatic rings. The molecule has 0 radical (unpaired) electrons. The minimum absolute atomic E-state index is 0.0602. The Bertz CT molecular complexity index is 835. The third-order valence-corrected chi connectivity index (χ3v) is 17.5. The lowest BCUT2D eigenvalue weighted by atomic mass is 9.91. The van der Waals surface area contributed by atoms with E-state index in [9.17, 15) is 5.11 Å². The van der Waals surface area contributed by atoms with Gasteiger partial charge < -0.3 is 23.4 Å². The highest BCUT2D eigenvalue weighted by Gasteiger charge is 2.42. The van der Waals surface area contributed by atoms with E-state index in [0.717, 1.165) is 23.3 Å². The van der Waals surface area contributed by atoms with Gasteiger partial charge in [0.1, 0.15) is 5.75 Å². The van der Waals surface area contributed by atoms with Gasteiger partial charge in [0.15, 0.2) is 16.6 Å². The number of rotatable bonds is 14. The third kappa shape index (κ3) is 10.6. The normalized spacial score (nSPS) is 16.4. The van der Waals surface area contributed by atoms with Crippen molar-refractivity contribution in [2.75, 3.05) is 20.3 Å². The summed E-state index contributed by atoms with van der Waals surface area (Å²) >= 11 is 0. The molecule has 0 aromatic heterocycles. The van der Waals surface area contributed by atoms with E-state index in [1.54, 1.807) is 7.11 Å². The van der Waals surface area contributed by atoms with E-state index >= 15 is 0 Å². The van der Waals surface area contributed by atoms with E-state index in [1.807, 2.05) is 37.3 Å². The van der Waals surface area contributed by atoms with Crippen LogP contribution in [0.2, 0.25) is 36.3 Å². The van der Waals surface area contributed by atoms with Gasteiger partial charge in [0.2, 0.25) is 0 Å². The fourth-order valence-corrected chi connectivity index (χ4v) is 5.96. The van der Waals surface area contributed by atoms with Crippen molar-refractivity contribution in [2.24, 2.45) is 5.92 Å². The molecule has 0 fully saturated rings. The van der Waals surface area contributed by atoms with Crippen LogP contribution in [-0.2, 0) is 20.2 Å². The first-order chi connectivity index (χ1) is 16.8. The monoisotopic (exact) mass is 552 g/mol. The zero-order valence-corrected chi connectivity index (χ0v) is 28.0. The Kier molecular flexibility index (Phi) is 12.8. The van der Waals surface area contributed by atoms with Crippen molar-refractivity contribution < 1.29 is 23.4 Å². The van der Waals surface area contributed by atoms with Crippen LogP contribution >= 0.6 is 0 Å². The molecule has 0 unspecified atom stereocenters. The molecule has 1 N–H and O–H groups in total. The topological polar surface area (TPSA) is 57.2 Å². The molecule has 0 saturated heterocycles. The third-order valence-electron chi connectivity index (χ3n) is 8.43. The molecule has 0 aliphatic heterocycles. The van der Waals surface area contributed by atoms with Crippen LogP contribution in [-0.4, -0.2) is 54.3 Å². The van der Waals surface area contributed by atoms with Crippen molar-refractivity contribution in [3.05, 3.63) is 41.5 Å². The summed E-state index contributed by atoms with van der Waals surface area (Å²) in [5, 5.41) is 11.5. The minimum atomic E-state index is -2.03. The summed E-state index contributed by atoms with van der Waals surface area (Å²) in [7, 11) is -2.21. The van der Waals surface area contributed by atoms with E-state index in [4.69, 9.17) is 18.3 Å². The molecule has 37 heavy (non-hydrogen) atoms. The number of hydrogen-bond acceptors (Lipinski definition) is 5. The van der Waals surface area contributed by atoms with Gasteiger partial charge in [-0.25, -0.2) is 0 Å². The van der Waals surface area contributed by atoms with Gasteiger partial charge in [0, 0.05) is 12.5 Å². The van der Waals surface area contributed by atoms with Gasteiger partial charge in [-0.2, -0.15) is 0 Å².